The van der Waals surface area contributed by atoms with E-state index >= 15 is 0 Å². The molecule has 0 radical (unpaired) electrons. The Balaban J connectivity index is 1.92. The van der Waals surface area contributed by atoms with Gasteiger partial charge in [0.2, 0.25) is 5.91 Å². The fourth-order valence-electron chi connectivity index (χ4n) is 2.08. The molecule has 23 heavy (non-hydrogen) atoms. The van der Waals surface area contributed by atoms with Crippen LogP contribution in [0, 0.1) is 0 Å². The molecule has 0 saturated heterocycles. The SMILES string of the molecule is C[C@@H](C(=O)Nc1cc(Cl)ccc1Cl)N(C)CCc1ccncc1. The number of hydrogen-bond acceptors (Lipinski definition) is 3. The molecule has 0 unspecified atom stereocenters. The van der Waals surface area contributed by atoms with Crippen LogP contribution >= 0.6 is 23.2 Å². The number of nitrogens with one attached hydrogen (secondary N) is 1. The summed E-state index contributed by atoms with van der Waals surface area (Å²) in [5.41, 5.74) is 1.72. The van der Waals surface area contributed by atoms with Crippen molar-refractivity contribution in [1.29, 1.82) is 0 Å². The first-order valence-electron chi connectivity index (χ1n) is 7.32. The number of rotatable bonds is 6. The van der Waals surface area contributed by atoms with Crippen LogP contribution in [0.1, 0.15) is 12.5 Å². The minimum Gasteiger partial charge on any atom is -0.323 e. The van der Waals surface area contributed by atoms with Crippen LogP contribution in [0.4, 0.5) is 5.69 Å². The molecule has 0 aliphatic rings. The molecule has 1 aromatic heterocycles. The first kappa shape index (κ1) is 17.7. The first-order chi connectivity index (χ1) is 11.0. The van der Waals surface area contributed by atoms with Gasteiger partial charge in [-0.1, -0.05) is 23.2 Å². The van der Waals surface area contributed by atoms with Crippen LogP contribution < -0.4 is 5.32 Å². The van der Waals surface area contributed by atoms with Crippen molar-refractivity contribution < 1.29 is 4.79 Å². The van der Waals surface area contributed by atoms with Gasteiger partial charge in [-0.05, 0) is 56.3 Å². The number of pyridine rings is 1. The Hall–Kier alpha value is -1.62. The van der Waals surface area contributed by atoms with Crippen LogP contribution in [0.2, 0.25) is 10.0 Å². The maximum absolute atomic E-state index is 12.4. The predicted octanol–water partition coefficient (Wildman–Crippen LogP) is 3.89. The maximum atomic E-state index is 12.4. The number of carbonyl (C=O) groups excluding carboxylic acids is 1. The van der Waals surface area contributed by atoms with Gasteiger partial charge in [0.05, 0.1) is 16.8 Å². The van der Waals surface area contributed by atoms with Crippen LogP contribution in [0.15, 0.2) is 42.7 Å². The lowest BCUT2D eigenvalue weighted by atomic mass is 10.1. The minimum absolute atomic E-state index is 0.119. The molecule has 0 spiro atoms. The number of benzene rings is 1. The predicted molar refractivity (Wildman–Crippen MR) is 95.1 cm³/mol. The lowest BCUT2D eigenvalue weighted by molar-refractivity contribution is -0.120. The average molecular weight is 352 g/mol. The second kappa shape index (κ2) is 8.29. The molecule has 1 N–H and O–H groups in total. The third-order valence-electron chi connectivity index (χ3n) is 3.73. The molecule has 6 heteroatoms. The van der Waals surface area contributed by atoms with Gasteiger partial charge in [-0.25, -0.2) is 0 Å². The van der Waals surface area contributed by atoms with E-state index in [0.717, 1.165) is 13.0 Å². The molecule has 0 bridgehead atoms. The van der Waals surface area contributed by atoms with E-state index in [1.807, 2.05) is 31.0 Å². The molecule has 1 aromatic carbocycles. The average Bonchev–Trinajstić information content (AvgIpc) is 2.56. The normalized spacial score (nSPS) is 12.2. The monoisotopic (exact) mass is 351 g/mol. The highest BCUT2D eigenvalue weighted by Crippen LogP contribution is 2.25. The zero-order chi connectivity index (χ0) is 16.8. The molecule has 2 aromatic rings. The lowest BCUT2D eigenvalue weighted by Crippen LogP contribution is -2.40. The highest BCUT2D eigenvalue weighted by Gasteiger charge is 2.18. The van der Waals surface area contributed by atoms with Crippen molar-refractivity contribution in [2.75, 3.05) is 18.9 Å². The van der Waals surface area contributed by atoms with E-state index in [2.05, 4.69) is 10.3 Å². The Morgan fingerprint density at radius 1 is 1.26 bits per heavy atom. The summed E-state index contributed by atoms with van der Waals surface area (Å²) in [5, 5.41) is 3.82. The van der Waals surface area contributed by atoms with Gasteiger partial charge in [-0.2, -0.15) is 0 Å². The number of anilines is 1. The summed E-state index contributed by atoms with van der Waals surface area (Å²) in [7, 11) is 1.92. The van der Waals surface area contributed by atoms with E-state index in [0.29, 0.717) is 15.7 Å². The lowest BCUT2D eigenvalue weighted by Gasteiger charge is -2.24. The topological polar surface area (TPSA) is 45.2 Å². The molecular formula is C17H19Cl2N3O. The highest BCUT2D eigenvalue weighted by molar-refractivity contribution is 6.35. The summed E-state index contributed by atoms with van der Waals surface area (Å²) in [6.07, 6.45) is 4.40. The fourth-order valence-corrected chi connectivity index (χ4v) is 2.42. The maximum Gasteiger partial charge on any atom is 0.241 e. The second-order valence-electron chi connectivity index (χ2n) is 5.38. The van der Waals surface area contributed by atoms with E-state index in [4.69, 9.17) is 23.2 Å². The number of halogens is 2. The Morgan fingerprint density at radius 3 is 2.65 bits per heavy atom. The van der Waals surface area contributed by atoms with Crippen molar-refractivity contribution >= 4 is 34.8 Å². The van der Waals surface area contributed by atoms with E-state index in [-0.39, 0.29) is 11.9 Å². The van der Waals surface area contributed by atoms with Gasteiger partial charge < -0.3 is 5.32 Å². The Labute approximate surface area is 146 Å². The Kier molecular flexibility index (Phi) is 6.39. The van der Waals surface area contributed by atoms with Crippen LogP contribution in [-0.2, 0) is 11.2 Å². The first-order valence-corrected chi connectivity index (χ1v) is 8.08. The summed E-state index contributed by atoms with van der Waals surface area (Å²) in [5.74, 6) is -0.119. The van der Waals surface area contributed by atoms with Crippen molar-refractivity contribution in [3.63, 3.8) is 0 Å². The number of amides is 1. The number of likely N-dealkylation sites (N-methyl/N-ethyl adjacent to an activating group) is 1. The highest BCUT2D eigenvalue weighted by atomic mass is 35.5. The number of nitrogens with zero attached hydrogens (tertiary/aromatic N) is 2. The van der Waals surface area contributed by atoms with Gasteiger partial charge >= 0.3 is 0 Å². The molecule has 0 fully saturated rings. The quantitative estimate of drug-likeness (QED) is 0.858. The van der Waals surface area contributed by atoms with Crippen molar-refractivity contribution in [3.05, 3.63) is 58.3 Å². The van der Waals surface area contributed by atoms with Gasteiger partial charge in [0, 0.05) is 24.0 Å². The van der Waals surface area contributed by atoms with Crippen LogP contribution in [0.5, 0.6) is 0 Å². The summed E-state index contributed by atoms with van der Waals surface area (Å²) >= 11 is 12.0. The van der Waals surface area contributed by atoms with Crippen molar-refractivity contribution in [2.24, 2.45) is 0 Å². The third kappa shape index (κ3) is 5.20. The zero-order valence-corrected chi connectivity index (χ0v) is 14.6. The summed E-state index contributed by atoms with van der Waals surface area (Å²) in [6.45, 7) is 2.63. The molecule has 0 aliphatic carbocycles. The molecule has 1 heterocycles. The van der Waals surface area contributed by atoms with Gasteiger partial charge in [-0.3, -0.25) is 14.7 Å². The van der Waals surface area contributed by atoms with E-state index in [9.17, 15) is 4.79 Å². The van der Waals surface area contributed by atoms with Crippen LogP contribution in [0.25, 0.3) is 0 Å². The molecule has 1 atom stereocenters. The number of aromatic nitrogens is 1. The Morgan fingerprint density at radius 2 is 1.96 bits per heavy atom. The molecule has 2 rings (SSSR count). The second-order valence-corrected chi connectivity index (χ2v) is 6.22. The van der Waals surface area contributed by atoms with Gasteiger partial charge in [0.25, 0.3) is 0 Å². The third-order valence-corrected chi connectivity index (χ3v) is 4.29. The largest absolute Gasteiger partial charge is 0.323 e. The summed E-state index contributed by atoms with van der Waals surface area (Å²) in [4.78, 5) is 18.4. The molecule has 4 nitrogen and oxygen atoms in total. The van der Waals surface area contributed by atoms with Gasteiger partial charge in [0.15, 0.2) is 0 Å². The Bertz CT molecular complexity index is 664. The smallest absolute Gasteiger partial charge is 0.241 e. The van der Waals surface area contributed by atoms with Gasteiger partial charge in [0.1, 0.15) is 0 Å². The summed E-state index contributed by atoms with van der Waals surface area (Å²) in [6, 6.07) is 8.66. The van der Waals surface area contributed by atoms with Crippen LogP contribution in [0.3, 0.4) is 0 Å². The standard InChI is InChI=1S/C17H19Cl2N3O/c1-12(22(2)10-7-13-5-8-20-9-6-13)17(23)21-16-11-14(18)3-4-15(16)19/h3-6,8-9,11-12H,7,10H2,1-2H3,(H,21,23)/t12-/m0/s1. The van der Waals surface area contributed by atoms with Crippen LogP contribution in [-0.4, -0.2) is 35.4 Å². The zero-order valence-electron chi connectivity index (χ0n) is 13.1. The van der Waals surface area contributed by atoms with Crippen molar-refractivity contribution in [2.45, 2.75) is 19.4 Å². The molecule has 1 amide bonds. The fraction of sp³-hybridized carbons (Fsp3) is 0.294. The summed E-state index contributed by atoms with van der Waals surface area (Å²) < 4.78 is 0. The van der Waals surface area contributed by atoms with E-state index in [1.54, 1.807) is 30.6 Å². The van der Waals surface area contributed by atoms with Gasteiger partial charge in [-0.15, -0.1) is 0 Å². The number of carbonyl (C=O) groups is 1. The van der Waals surface area contributed by atoms with Crippen molar-refractivity contribution in [3.8, 4) is 0 Å². The number of hydrogen-bond donors (Lipinski definition) is 1. The van der Waals surface area contributed by atoms with Crippen molar-refractivity contribution in [1.82, 2.24) is 9.88 Å². The molecule has 0 aliphatic heterocycles. The molecule has 0 saturated carbocycles. The van der Waals surface area contributed by atoms with E-state index in [1.165, 1.54) is 5.56 Å². The molecular weight excluding hydrogens is 333 g/mol. The van der Waals surface area contributed by atoms with E-state index < -0.39 is 0 Å². The minimum atomic E-state index is -0.285. The molecule has 122 valence electrons.